The van der Waals surface area contributed by atoms with Gasteiger partial charge in [-0.05, 0) is 19.3 Å². The van der Waals surface area contributed by atoms with E-state index in [9.17, 15) is 0 Å². The molecule has 0 N–H and O–H groups in total. The highest BCUT2D eigenvalue weighted by Gasteiger charge is 2.29. The summed E-state index contributed by atoms with van der Waals surface area (Å²) in [7, 11) is 0. The van der Waals surface area contributed by atoms with Crippen molar-refractivity contribution in [3.63, 3.8) is 0 Å². The van der Waals surface area contributed by atoms with E-state index in [1.807, 2.05) is 0 Å². The third kappa shape index (κ3) is 3.18. The average Bonchev–Trinajstić information content (AvgIpc) is 2.80. The van der Waals surface area contributed by atoms with Crippen LogP contribution in [-0.4, -0.2) is 42.1 Å². The molecule has 1 saturated heterocycles. The first kappa shape index (κ1) is 11.9. The highest BCUT2D eigenvalue weighted by Crippen LogP contribution is 2.26. The van der Waals surface area contributed by atoms with Gasteiger partial charge < -0.3 is 4.74 Å². The lowest BCUT2D eigenvalue weighted by Gasteiger charge is -2.37. The minimum absolute atomic E-state index is 0.700. The van der Waals surface area contributed by atoms with E-state index in [2.05, 4.69) is 20.8 Å². The molecule has 2 fully saturated rings. The van der Waals surface area contributed by atoms with E-state index in [4.69, 9.17) is 4.74 Å². The van der Waals surface area contributed by atoms with Gasteiger partial charge in [0.05, 0.1) is 6.61 Å². The van der Waals surface area contributed by atoms with Crippen LogP contribution in [0.4, 0.5) is 0 Å². The van der Waals surface area contributed by atoms with Gasteiger partial charge in [-0.1, -0.05) is 35.2 Å². The third-order valence-corrected chi connectivity index (χ3v) is 4.12. The third-order valence-electron chi connectivity index (χ3n) is 3.76. The first-order valence-electron chi connectivity index (χ1n) is 6.31. The normalized spacial score (nSPS) is 28.8. The van der Waals surface area contributed by atoms with Crippen LogP contribution < -0.4 is 0 Å². The van der Waals surface area contributed by atoms with Gasteiger partial charge in [0.25, 0.3) is 0 Å². The number of hydrogen-bond donors (Lipinski definition) is 0. The second-order valence-electron chi connectivity index (χ2n) is 4.74. The maximum atomic E-state index is 5.52. The number of nitrogens with zero attached hydrogens (tertiary/aromatic N) is 1. The van der Waals surface area contributed by atoms with Crippen LogP contribution in [0.1, 0.15) is 38.5 Å². The molecule has 1 atom stereocenters. The summed E-state index contributed by atoms with van der Waals surface area (Å²) >= 11 is 3.58. The number of halogens is 1. The predicted molar refractivity (Wildman–Crippen MR) is 66.6 cm³/mol. The molecule has 0 aromatic carbocycles. The molecule has 0 amide bonds. The van der Waals surface area contributed by atoms with Crippen molar-refractivity contribution in [1.82, 2.24) is 4.90 Å². The predicted octanol–water partition coefficient (Wildman–Crippen LogP) is 2.80. The Hall–Kier alpha value is 0.400. The van der Waals surface area contributed by atoms with Crippen molar-refractivity contribution in [2.45, 2.75) is 50.6 Å². The molecule has 2 nitrogen and oxygen atoms in total. The van der Waals surface area contributed by atoms with Crippen molar-refractivity contribution in [3.8, 4) is 0 Å². The maximum Gasteiger partial charge on any atom is 0.0622 e. The number of alkyl halides is 1. The van der Waals surface area contributed by atoms with Crippen LogP contribution >= 0.6 is 15.9 Å². The molecule has 3 heteroatoms. The second kappa shape index (κ2) is 6.21. The van der Waals surface area contributed by atoms with Crippen LogP contribution in [0.3, 0.4) is 0 Å². The fourth-order valence-corrected chi connectivity index (χ4v) is 3.37. The Morgan fingerprint density at radius 2 is 1.87 bits per heavy atom. The minimum Gasteiger partial charge on any atom is -0.380 e. The zero-order chi connectivity index (χ0) is 10.5. The van der Waals surface area contributed by atoms with Crippen LogP contribution in [-0.2, 0) is 4.74 Å². The van der Waals surface area contributed by atoms with Gasteiger partial charge in [-0.2, -0.15) is 0 Å². The van der Waals surface area contributed by atoms with E-state index in [1.165, 1.54) is 45.1 Å². The Balaban J connectivity index is 1.90. The lowest BCUT2D eigenvalue weighted by atomic mass is 9.93. The number of hydrogen-bond acceptors (Lipinski definition) is 2. The Kier molecular flexibility index (Phi) is 4.92. The topological polar surface area (TPSA) is 12.5 Å². The molecule has 2 rings (SSSR count). The summed E-state index contributed by atoms with van der Waals surface area (Å²) in [6.07, 6.45) is 8.35. The molecule has 1 saturated carbocycles. The summed E-state index contributed by atoms with van der Waals surface area (Å²) in [5.41, 5.74) is 0. The summed E-state index contributed by atoms with van der Waals surface area (Å²) in [6, 6.07) is 1.54. The van der Waals surface area contributed by atoms with Crippen LogP contribution in [0.5, 0.6) is 0 Å². The molecule has 0 aromatic heterocycles. The first-order chi connectivity index (χ1) is 7.42. The van der Waals surface area contributed by atoms with Gasteiger partial charge in [0.1, 0.15) is 0 Å². The zero-order valence-electron chi connectivity index (χ0n) is 9.46. The van der Waals surface area contributed by atoms with Gasteiger partial charge >= 0.3 is 0 Å². The number of rotatable bonds is 4. The summed E-state index contributed by atoms with van der Waals surface area (Å²) in [6.45, 7) is 3.12. The first-order valence-corrected chi connectivity index (χ1v) is 7.43. The SMILES string of the molecule is BrCCN(C1CCCCC1)C1CCOC1. The van der Waals surface area contributed by atoms with Crippen LogP contribution in [0.25, 0.3) is 0 Å². The average molecular weight is 276 g/mol. The molecular formula is C12H22BrNO. The lowest BCUT2D eigenvalue weighted by Crippen LogP contribution is -2.45. The van der Waals surface area contributed by atoms with Crippen LogP contribution in [0, 0.1) is 0 Å². The van der Waals surface area contributed by atoms with Gasteiger partial charge in [-0.15, -0.1) is 0 Å². The van der Waals surface area contributed by atoms with E-state index in [0.29, 0.717) is 6.04 Å². The monoisotopic (exact) mass is 275 g/mol. The minimum atomic E-state index is 0.700. The molecule has 2 aliphatic rings. The molecule has 1 aliphatic carbocycles. The van der Waals surface area contributed by atoms with Crippen molar-refractivity contribution in [2.24, 2.45) is 0 Å². The second-order valence-corrected chi connectivity index (χ2v) is 5.53. The Morgan fingerprint density at radius 3 is 2.47 bits per heavy atom. The Labute approximate surface area is 101 Å². The number of ether oxygens (including phenoxy) is 1. The molecule has 1 heterocycles. The van der Waals surface area contributed by atoms with Crippen molar-refractivity contribution >= 4 is 15.9 Å². The molecule has 0 spiro atoms. The smallest absolute Gasteiger partial charge is 0.0622 e. The molecule has 1 unspecified atom stereocenters. The molecule has 1 aliphatic heterocycles. The Bertz CT molecular complexity index is 176. The fourth-order valence-electron chi connectivity index (χ4n) is 2.96. The molecule has 15 heavy (non-hydrogen) atoms. The van der Waals surface area contributed by atoms with Gasteiger partial charge in [-0.25, -0.2) is 0 Å². The zero-order valence-corrected chi connectivity index (χ0v) is 11.0. The summed E-state index contributed by atoms with van der Waals surface area (Å²) in [4.78, 5) is 2.71. The summed E-state index contributed by atoms with van der Waals surface area (Å²) in [5, 5.41) is 1.10. The van der Waals surface area contributed by atoms with E-state index in [0.717, 1.165) is 24.6 Å². The van der Waals surface area contributed by atoms with Crippen LogP contribution in [0.2, 0.25) is 0 Å². The molecule has 88 valence electrons. The highest BCUT2D eigenvalue weighted by molar-refractivity contribution is 9.09. The van der Waals surface area contributed by atoms with E-state index < -0.39 is 0 Å². The van der Waals surface area contributed by atoms with Gasteiger partial charge in [0, 0.05) is 30.6 Å². The fraction of sp³-hybridized carbons (Fsp3) is 1.00. The summed E-state index contributed by atoms with van der Waals surface area (Å²) in [5.74, 6) is 0. The molecule has 0 aromatic rings. The van der Waals surface area contributed by atoms with Gasteiger partial charge in [0.2, 0.25) is 0 Å². The lowest BCUT2D eigenvalue weighted by molar-refractivity contribution is 0.0945. The van der Waals surface area contributed by atoms with Crippen molar-refractivity contribution in [1.29, 1.82) is 0 Å². The summed E-state index contributed by atoms with van der Waals surface area (Å²) < 4.78 is 5.52. The highest BCUT2D eigenvalue weighted by atomic mass is 79.9. The maximum absolute atomic E-state index is 5.52. The molecule has 0 bridgehead atoms. The quantitative estimate of drug-likeness (QED) is 0.732. The molecule has 0 radical (unpaired) electrons. The van der Waals surface area contributed by atoms with E-state index >= 15 is 0 Å². The van der Waals surface area contributed by atoms with Crippen molar-refractivity contribution < 1.29 is 4.74 Å². The standard InChI is InChI=1S/C12H22BrNO/c13-7-8-14(12-6-9-15-10-12)11-4-2-1-3-5-11/h11-12H,1-10H2. The Morgan fingerprint density at radius 1 is 1.07 bits per heavy atom. The largest absolute Gasteiger partial charge is 0.380 e. The van der Waals surface area contributed by atoms with E-state index in [1.54, 1.807) is 0 Å². The molecular weight excluding hydrogens is 254 g/mol. The van der Waals surface area contributed by atoms with Crippen molar-refractivity contribution in [3.05, 3.63) is 0 Å². The van der Waals surface area contributed by atoms with Crippen molar-refractivity contribution in [2.75, 3.05) is 25.1 Å². The van der Waals surface area contributed by atoms with Gasteiger partial charge in [0.15, 0.2) is 0 Å². The van der Waals surface area contributed by atoms with E-state index in [-0.39, 0.29) is 0 Å². The van der Waals surface area contributed by atoms with Crippen LogP contribution in [0.15, 0.2) is 0 Å². The van der Waals surface area contributed by atoms with Gasteiger partial charge in [-0.3, -0.25) is 4.90 Å².